The summed E-state index contributed by atoms with van der Waals surface area (Å²) in [4.78, 5) is 23.6. The van der Waals surface area contributed by atoms with E-state index in [-0.39, 0.29) is 5.97 Å². The smallest absolute Gasteiger partial charge is 0.407 e. The fourth-order valence-electron chi connectivity index (χ4n) is 2.07. The minimum Gasteiger partial charge on any atom is -0.465 e. The van der Waals surface area contributed by atoms with Crippen LogP contribution in [0.25, 0.3) is 5.57 Å². The van der Waals surface area contributed by atoms with Gasteiger partial charge in [-0.15, -0.1) is 0 Å². The Balaban J connectivity index is 2.19. The molecule has 0 saturated heterocycles. The number of carboxylic acid groups (broad SMARTS) is 1. The molecule has 0 spiro atoms. The number of benzene rings is 1. The van der Waals surface area contributed by atoms with Crippen LogP contribution in [-0.4, -0.2) is 42.3 Å². The van der Waals surface area contributed by atoms with Crippen molar-refractivity contribution in [3.63, 3.8) is 0 Å². The predicted octanol–water partition coefficient (Wildman–Crippen LogP) is 2.24. The zero-order chi connectivity index (χ0) is 13.8. The highest BCUT2D eigenvalue weighted by Crippen LogP contribution is 2.23. The van der Waals surface area contributed by atoms with Crippen LogP contribution < -0.4 is 0 Å². The lowest BCUT2D eigenvalue weighted by Gasteiger charge is -2.23. The van der Waals surface area contributed by atoms with Crippen molar-refractivity contribution in [2.45, 2.75) is 6.42 Å². The Hall–Kier alpha value is -2.30. The molecule has 1 heterocycles. The van der Waals surface area contributed by atoms with Crippen molar-refractivity contribution in [3.05, 3.63) is 41.5 Å². The number of carbonyl (C=O) groups is 2. The second-order valence-corrected chi connectivity index (χ2v) is 4.28. The van der Waals surface area contributed by atoms with Crippen LogP contribution in [0, 0.1) is 0 Å². The molecule has 1 amide bonds. The molecule has 0 fully saturated rings. The Kier molecular flexibility index (Phi) is 3.85. The first-order chi connectivity index (χ1) is 9.11. The molecule has 1 N–H and O–H groups in total. The van der Waals surface area contributed by atoms with E-state index < -0.39 is 6.09 Å². The largest absolute Gasteiger partial charge is 0.465 e. The van der Waals surface area contributed by atoms with Gasteiger partial charge in [-0.25, -0.2) is 9.59 Å². The summed E-state index contributed by atoms with van der Waals surface area (Å²) in [6.45, 7) is 0.858. The summed E-state index contributed by atoms with van der Waals surface area (Å²) in [5.41, 5.74) is 2.50. The summed E-state index contributed by atoms with van der Waals surface area (Å²) in [5.74, 6) is -0.370. The van der Waals surface area contributed by atoms with Gasteiger partial charge >= 0.3 is 12.1 Å². The van der Waals surface area contributed by atoms with Crippen LogP contribution in [0.15, 0.2) is 30.3 Å². The van der Waals surface area contributed by atoms with E-state index in [4.69, 9.17) is 5.11 Å². The molecule has 0 atom stereocenters. The lowest BCUT2D eigenvalue weighted by Crippen LogP contribution is -2.33. The van der Waals surface area contributed by atoms with Crippen LogP contribution in [0.2, 0.25) is 0 Å². The van der Waals surface area contributed by atoms with E-state index in [0.29, 0.717) is 25.1 Å². The van der Waals surface area contributed by atoms with E-state index in [1.54, 1.807) is 18.2 Å². The highest BCUT2D eigenvalue weighted by atomic mass is 16.5. The summed E-state index contributed by atoms with van der Waals surface area (Å²) in [6, 6.07) is 7.18. The highest BCUT2D eigenvalue weighted by Gasteiger charge is 2.17. The van der Waals surface area contributed by atoms with Crippen molar-refractivity contribution in [2.75, 3.05) is 20.2 Å². The molecule has 5 heteroatoms. The van der Waals surface area contributed by atoms with E-state index in [2.05, 4.69) is 4.74 Å². The molecule has 0 saturated carbocycles. The van der Waals surface area contributed by atoms with E-state index >= 15 is 0 Å². The average molecular weight is 261 g/mol. The Bertz CT molecular complexity index is 536. The number of carbonyl (C=O) groups excluding carboxylic acids is 1. The van der Waals surface area contributed by atoms with Crippen molar-refractivity contribution in [1.29, 1.82) is 0 Å². The summed E-state index contributed by atoms with van der Waals surface area (Å²) in [6.07, 6.45) is 1.63. The Morgan fingerprint density at radius 2 is 2.16 bits per heavy atom. The van der Waals surface area contributed by atoms with Gasteiger partial charge in [0, 0.05) is 13.1 Å². The van der Waals surface area contributed by atoms with Gasteiger partial charge in [0.1, 0.15) is 0 Å². The van der Waals surface area contributed by atoms with Crippen molar-refractivity contribution in [3.8, 4) is 0 Å². The maximum absolute atomic E-state index is 11.5. The first kappa shape index (κ1) is 13.1. The van der Waals surface area contributed by atoms with Gasteiger partial charge in [0.25, 0.3) is 0 Å². The van der Waals surface area contributed by atoms with Gasteiger partial charge in [-0.2, -0.15) is 0 Å². The van der Waals surface area contributed by atoms with Crippen molar-refractivity contribution in [2.24, 2.45) is 0 Å². The maximum Gasteiger partial charge on any atom is 0.407 e. The number of rotatable bonds is 2. The van der Waals surface area contributed by atoms with Gasteiger partial charge in [-0.05, 0) is 29.7 Å². The molecular formula is C14H15NO4. The van der Waals surface area contributed by atoms with Crippen LogP contribution in [0.5, 0.6) is 0 Å². The predicted molar refractivity (Wildman–Crippen MR) is 70.0 cm³/mol. The lowest BCUT2D eigenvalue weighted by atomic mass is 9.98. The summed E-state index contributed by atoms with van der Waals surface area (Å²) >= 11 is 0. The molecule has 5 nitrogen and oxygen atoms in total. The van der Waals surface area contributed by atoms with Crippen LogP contribution in [0.3, 0.4) is 0 Å². The van der Waals surface area contributed by atoms with Gasteiger partial charge < -0.3 is 14.7 Å². The van der Waals surface area contributed by atoms with Gasteiger partial charge in [0.15, 0.2) is 0 Å². The van der Waals surface area contributed by atoms with Crippen LogP contribution in [-0.2, 0) is 4.74 Å². The van der Waals surface area contributed by atoms with Crippen molar-refractivity contribution < 1.29 is 19.4 Å². The van der Waals surface area contributed by atoms with Crippen molar-refractivity contribution >= 4 is 17.6 Å². The Labute approximate surface area is 111 Å². The SMILES string of the molecule is COC(=O)c1cccc(C2=CCN(C(=O)O)CC2)c1. The summed E-state index contributed by atoms with van der Waals surface area (Å²) in [7, 11) is 1.35. The number of esters is 1. The monoisotopic (exact) mass is 261 g/mol. The van der Waals surface area contributed by atoms with Crippen LogP contribution in [0.1, 0.15) is 22.3 Å². The Morgan fingerprint density at radius 1 is 1.37 bits per heavy atom. The third kappa shape index (κ3) is 2.93. The molecule has 100 valence electrons. The molecule has 1 aromatic carbocycles. The molecule has 0 bridgehead atoms. The van der Waals surface area contributed by atoms with E-state index in [1.807, 2.05) is 12.1 Å². The quantitative estimate of drug-likeness (QED) is 0.829. The van der Waals surface area contributed by atoms with E-state index in [1.165, 1.54) is 12.0 Å². The lowest BCUT2D eigenvalue weighted by molar-refractivity contribution is 0.0600. The molecule has 1 aromatic rings. The number of hydrogen-bond donors (Lipinski definition) is 1. The highest BCUT2D eigenvalue weighted by molar-refractivity contribution is 5.90. The van der Waals surface area contributed by atoms with Crippen molar-refractivity contribution in [1.82, 2.24) is 4.90 Å². The number of nitrogens with zero attached hydrogens (tertiary/aromatic N) is 1. The minimum absolute atomic E-state index is 0.370. The molecule has 0 aromatic heterocycles. The zero-order valence-corrected chi connectivity index (χ0v) is 10.6. The van der Waals surface area contributed by atoms with Crippen LogP contribution >= 0.6 is 0 Å². The first-order valence-corrected chi connectivity index (χ1v) is 5.97. The second kappa shape index (κ2) is 5.56. The van der Waals surface area contributed by atoms with Gasteiger partial charge in [-0.3, -0.25) is 0 Å². The number of ether oxygens (including phenoxy) is 1. The first-order valence-electron chi connectivity index (χ1n) is 5.97. The molecule has 19 heavy (non-hydrogen) atoms. The van der Waals surface area contributed by atoms with Gasteiger partial charge in [-0.1, -0.05) is 18.2 Å². The molecule has 1 aliphatic rings. The minimum atomic E-state index is -0.904. The normalized spacial score (nSPS) is 14.8. The third-order valence-electron chi connectivity index (χ3n) is 3.13. The number of hydrogen-bond acceptors (Lipinski definition) is 3. The van der Waals surface area contributed by atoms with Crippen LogP contribution in [0.4, 0.5) is 4.79 Å². The molecule has 2 rings (SSSR count). The molecule has 0 aliphatic carbocycles. The molecule has 0 radical (unpaired) electrons. The standard InChI is InChI=1S/C14H15NO4/c1-19-13(16)12-4-2-3-11(9-12)10-5-7-15(8-6-10)14(17)18/h2-5,9H,6-8H2,1H3,(H,17,18). The fraction of sp³-hybridized carbons (Fsp3) is 0.286. The summed E-state index contributed by atoms with van der Waals surface area (Å²) < 4.78 is 4.68. The van der Waals surface area contributed by atoms with Gasteiger partial charge in [0.05, 0.1) is 12.7 Å². The number of methoxy groups -OCH3 is 1. The van der Waals surface area contributed by atoms with E-state index in [0.717, 1.165) is 11.1 Å². The topological polar surface area (TPSA) is 66.8 Å². The molecule has 1 aliphatic heterocycles. The average Bonchev–Trinajstić information content (AvgIpc) is 2.46. The maximum atomic E-state index is 11.5. The Morgan fingerprint density at radius 3 is 2.74 bits per heavy atom. The molecular weight excluding hydrogens is 246 g/mol. The zero-order valence-electron chi connectivity index (χ0n) is 10.6. The third-order valence-corrected chi connectivity index (χ3v) is 3.13. The fourth-order valence-corrected chi connectivity index (χ4v) is 2.07. The summed E-state index contributed by atoms with van der Waals surface area (Å²) in [5, 5.41) is 8.88. The molecule has 0 unspecified atom stereocenters. The van der Waals surface area contributed by atoms with E-state index in [9.17, 15) is 9.59 Å². The second-order valence-electron chi connectivity index (χ2n) is 4.28. The van der Waals surface area contributed by atoms with Gasteiger partial charge in [0.2, 0.25) is 0 Å². The number of amides is 1.